The number of benzene rings is 2. The number of nitrogens with zero attached hydrogens (tertiary/aromatic N) is 5. The van der Waals surface area contributed by atoms with E-state index in [1.54, 1.807) is 55.1 Å². The molecule has 4 heterocycles. The number of nitriles is 1. The number of amides is 1. The fourth-order valence-corrected chi connectivity index (χ4v) is 6.73. The van der Waals surface area contributed by atoms with Gasteiger partial charge in [0.25, 0.3) is 5.91 Å². The summed E-state index contributed by atoms with van der Waals surface area (Å²) in [5, 5.41) is 33.0. The van der Waals surface area contributed by atoms with Crippen molar-refractivity contribution in [1.82, 2.24) is 19.4 Å². The number of hydrogen-bond donors (Lipinski definition) is 3. The lowest BCUT2D eigenvalue weighted by atomic mass is 9.94. The van der Waals surface area contributed by atoms with Crippen molar-refractivity contribution in [3.8, 4) is 22.9 Å². The Bertz CT molecular complexity index is 2170. The molecule has 1 aliphatic heterocycles. The van der Waals surface area contributed by atoms with Crippen LogP contribution in [0.25, 0.3) is 23.3 Å². The van der Waals surface area contributed by atoms with Crippen LogP contribution in [0.2, 0.25) is 5.02 Å². The fourth-order valence-electron chi connectivity index (χ4n) is 6.48. The number of aromatic hydroxyl groups is 1. The minimum absolute atomic E-state index is 0.204. The molecule has 3 N–H and O–H groups in total. The minimum atomic E-state index is -0.813. The first-order chi connectivity index (χ1) is 24.6. The molecule has 0 spiro atoms. The van der Waals surface area contributed by atoms with Crippen LogP contribution in [0.1, 0.15) is 68.8 Å². The number of piperidine rings is 1. The molecule has 3 aromatic heterocycles. The van der Waals surface area contributed by atoms with E-state index >= 15 is 0 Å². The van der Waals surface area contributed by atoms with Gasteiger partial charge in [-0.3, -0.25) is 24.5 Å². The van der Waals surface area contributed by atoms with Gasteiger partial charge in [-0.15, -0.1) is 0 Å². The van der Waals surface area contributed by atoms with Gasteiger partial charge in [-0.25, -0.2) is 0 Å². The van der Waals surface area contributed by atoms with E-state index in [0.29, 0.717) is 53.6 Å². The van der Waals surface area contributed by atoms with Gasteiger partial charge in [0.05, 0.1) is 11.3 Å². The van der Waals surface area contributed by atoms with Crippen molar-refractivity contribution >= 4 is 41.3 Å². The summed E-state index contributed by atoms with van der Waals surface area (Å²) in [6.07, 6.45) is 12.8. The number of halogens is 1. The molecular formula is C40H37ClN6O4. The first kappa shape index (κ1) is 35.1. The Kier molecular flexibility index (Phi) is 10.6. The molecule has 51 heavy (non-hydrogen) atoms. The highest BCUT2D eigenvalue weighted by molar-refractivity contribution is 6.32. The van der Waals surface area contributed by atoms with Crippen molar-refractivity contribution in [1.29, 1.82) is 5.26 Å². The molecule has 0 unspecified atom stereocenters. The fraction of sp³-hybridized carbons (Fsp3) is 0.225. The molecule has 11 heteroatoms. The third-order valence-electron chi connectivity index (χ3n) is 9.27. The highest BCUT2D eigenvalue weighted by Gasteiger charge is 2.28. The summed E-state index contributed by atoms with van der Waals surface area (Å²) in [6.45, 7) is 5.62. The molecule has 0 saturated carbocycles. The number of rotatable bonds is 10. The van der Waals surface area contributed by atoms with Crippen molar-refractivity contribution in [3.05, 3.63) is 129 Å². The third kappa shape index (κ3) is 8.01. The predicted molar refractivity (Wildman–Crippen MR) is 197 cm³/mol. The van der Waals surface area contributed by atoms with Crippen LogP contribution in [0.15, 0.2) is 79.4 Å². The summed E-state index contributed by atoms with van der Waals surface area (Å²) in [6, 6.07) is 18.1. The number of aryl methyl sites for hydroxylation is 1. The second-order valence-corrected chi connectivity index (χ2v) is 13.1. The Morgan fingerprint density at radius 3 is 2.63 bits per heavy atom. The number of nitrogens with one attached hydrogen (secondary N) is 1. The number of aromatic nitrogens is 3. The van der Waals surface area contributed by atoms with Crippen molar-refractivity contribution in [2.45, 2.75) is 52.2 Å². The van der Waals surface area contributed by atoms with Gasteiger partial charge in [0.2, 0.25) is 0 Å². The predicted octanol–water partition coefficient (Wildman–Crippen LogP) is 7.70. The number of anilines is 1. The second-order valence-electron chi connectivity index (χ2n) is 12.7. The molecule has 0 radical (unpaired) electrons. The average molecular weight is 701 g/mol. The Morgan fingerprint density at radius 1 is 1.06 bits per heavy atom. The van der Waals surface area contributed by atoms with Crippen molar-refractivity contribution in [3.63, 3.8) is 0 Å². The molecule has 1 saturated heterocycles. The molecule has 1 aliphatic rings. The lowest BCUT2D eigenvalue weighted by Gasteiger charge is -2.32. The monoisotopic (exact) mass is 700 g/mol. The Labute approximate surface area is 301 Å². The van der Waals surface area contributed by atoms with E-state index in [4.69, 9.17) is 11.6 Å². The SMILES string of the molecule is Cc1cc(C=Cc2nccc(-c3cccc(NC(=O)c4ccc(CN5CCCC[C@@H]5C(=O)O)cn4)c3C)c2C#N)c(Cl)cc1Cn1ccc(O)c1. The highest BCUT2D eigenvalue weighted by atomic mass is 35.5. The molecule has 1 amide bonds. The minimum Gasteiger partial charge on any atom is -0.506 e. The summed E-state index contributed by atoms with van der Waals surface area (Å²) < 4.78 is 1.88. The van der Waals surface area contributed by atoms with E-state index in [9.17, 15) is 25.1 Å². The topological polar surface area (TPSA) is 144 Å². The maximum Gasteiger partial charge on any atom is 0.320 e. The van der Waals surface area contributed by atoms with Gasteiger partial charge in [0.15, 0.2) is 0 Å². The maximum atomic E-state index is 13.3. The van der Waals surface area contributed by atoms with E-state index in [-0.39, 0.29) is 17.4 Å². The van der Waals surface area contributed by atoms with Gasteiger partial charge in [-0.1, -0.05) is 48.4 Å². The van der Waals surface area contributed by atoms with Gasteiger partial charge in [-0.05, 0) is 103 Å². The van der Waals surface area contributed by atoms with E-state index in [2.05, 4.69) is 21.4 Å². The van der Waals surface area contributed by atoms with E-state index in [1.807, 2.05) is 59.7 Å². The van der Waals surface area contributed by atoms with Crippen LogP contribution in [0.3, 0.4) is 0 Å². The number of carboxylic acid groups (broad SMARTS) is 1. The number of pyridine rings is 2. The van der Waals surface area contributed by atoms with E-state index < -0.39 is 12.0 Å². The lowest BCUT2D eigenvalue weighted by Crippen LogP contribution is -2.44. The van der Waals surface area contributed by atoms with E-state index in [1.165, 1.54) is 0 Å². The van der Waals surface area contributed by atoms with Crippen LogP contribution in [0, 0.1) is 25.2 Å². The molecule has 10 nitrogen and oxygen atoms in total. The Balaban J connectivity index is 1.18. The number of carbonyl (C=O) groups is 2. The van der Waals surface area contributed by atoms with Crippen molar-refractivity contribution < 1.29 is 19.8 Å². The van der Waals surface area contributed by atoms with Gasteiger partial charge in [0, 0.05) is 54.2 Å². The molecule has 1 atom stereocenters. The number of likely N-dealkylation sites (tertiary alicyclic amines) is 1. The highest BCUT2D eigenvalue weighted by Crippen LogP contribution is 2.33. The van der Waals surface area contributed by atoms with Crippen LogP contribution in [-0.4, -0.2) is 54.1 Å². The van der Waals surface area contributed by atoms with Crippen LogP contribution in [0.4, 0.5) is 5.69 Å². The Morgan fingerprint density at radius 2 is 1.90 bits per heavy atom. The first-order valence-electron chi connectivity index (χ1n) is 16.7. The largest absolute Gasteiger partial charge is 0.506 e. The number of aliphatic carboxylic acids is 1. The van der Waals surface area contributed by atoms with Crippen molar-refractivity contribution in [2.75, 3.05) is 11.9 Å². The number of hydrogen-bond acceptors (Lipinski definition) is 7. The van der Waals surface area contributed by atoms with E-state index in [0.717, 1.165) is 46.2 Å². The van der Waals surface area contributed by atoms with Crippen LogP contribution in [-0.2, 0) is 17.9 Å². The zero-order valence-electron chi connectivity index (χ0n) is 28.3. The van der Waals surface area contributed by atoms with Gasteiger partial charge in [-0.2, -0.15) is 5.26 Å². The molecule has 6 rings (SSSR count). The standard InChI is InChI=1S/C40H37ClN6O4/c1-25-18-28(34(41)19-29(25)23-46-17-14-30(48)24-46)10-12-36-33(20-42)32(13-15-43-36)31-6-5-7-35(26(31)2)45-39(49)37-11-9-27(21-44-37)22-47-16-4-3-8-38(47)40(50)51/h5-7,9-15,17-19,21,24,38,48H,3-4,8,16,22-23H2,1-2H3,(H,45,49)(H,50,51)/t38-/m1/s1. The molecule has 0 aliphatic carbocycles. The summed E-state index contributed by atoms with van der Waals surface area (Å²) in [5.74, 6) is -0.992. The number of carbonyl (C=O) groups excluding carboxylic acids is 1. The summed E-state index contributed by atoms with van der Waals surface area (Å²) >= 11 is 6.67. The first-order valence-corrected chi connectivity index (χ1v) is 17.0. The van der Waals surface area contributed by atoms with Gasteiger partial charge >= 0.3 is 5.97 Å². The lowest BCUT2D eigenvalue weighted by molar-refractivity contribution is -0.144. The van der Waals surface area contributed by atoms with Crippen molar-refractivity contribution in [2.24, 2.45) is 0 Å². The summed E-state index contributed by atoms with van der Waals surface area (Å²) in [7, 11) is 0. The molecule has 5 aromatic rings. The molecule has 2 aromatic carbocycles. The smallest absolute Gasteiger partial charge is 0.320 e. The summed E-state index contributed by atoms with van der Waals surface area (Å²) in [4.78, 5) is 35.8. The molecule has 0 bridgehead atoms. The maximum absolute atomic E-state index is 13.3. The average Bonchev–Trinajstić information content (AvgIpc) is 3.54. The second kappa shape index (κ2) is 15.4. The normalized spacial score (nSPS) is 14.7. The zero-order chi connectivity index (χ0) is 36.1. The third-order valence-corrected chi connectivity index (χ3v) is 9.60. The quantitative estimate of drug-likeness (QED) is 0.134. The van der Waals surface area contributed by atoms with Gasteiger partial charge in [0.1, 0.15) is 23.6 Å². The van der Waals surface area contributed by atoms with Crippen LogP contribution >= 0.6 is 11.6 Å². The molecule has 1 fully saturated rings. The van der Waals surface area contributed by atoms with Crippen LogP contribution in [0.5, 0.6) is 5.75 Å². The zero-order valence-corrected chi connectivity index (χ0v) is 29.1. The van der Waals surface area contributed by atoms with Crippen LogP contribution < -0.4 is 5.32 Å². The van der Waals surface area contributed by atoms with Gasteiger partial charge < -0.3 is 20.1 Å². The number of carboxylic acids is 1. The molecular weight excluding hydrogens is 664 g/mol. The molecule has 258 valence electrons. The summed E-state index contributed by atoms with van der Waals surface area (Å²) in [5.41, 5.74) is 7.56. The Hall–Kier alpha value is -5.76.